The maximum Gasteiger partial charge on any atom is 0.230 e. The van der Waals surface area contributed by atoms with E-state index in [9.17, 15) is 4.79 Å². The van der Waals surface area contributed by atoms with Crippen LogP contribution in [0.1, 0.15) is 16.7 Å². The van der Waals surface area contributed by atoms with Crippen LogP contribution in [0.25, 0.3) is 16.9 Å². The smallest absolute Gasteiger partial charge is 0.230 e. The summed E-state index contributed by atoms with van der Waals surface area (Å²) in [5.74, 6) is -0.101. The molecule has 0 aliphatic carbocycles. The van der Waals surface area contributed by atoms with Crippen LogP contribution in [0, 0.1) is 13.8 Å². The lowest BCUT2D eigenvalue weighted by molar-refractivity contribution is -0.115. The Hall–Kier alpha value is -3.39. The van der Waals surface area contributed by atoms with E-state index in [4.69, 9.17) is 0 Å². The van der Waals surface area contributed by atoms with E-state index in [0.717, 1.165) is 22.5 Å². The number of nitrogens with one attached hydrogen (secondary N) is 1. The predicted molar refractivity (Wildman–Crippen MR) is 109 cm³/mol. The van der Waals surface area contributed by atoms with Gasteiger partial charge in [-0.1, -0.05) is 24.3 Å². The van der Waals surface area contributed by atoms with E-state index in [1.807, 2.05) is 29.6 Å². The van der Waals surface area contributed by atoms with Crippen LogP contribution in [0.2, 0.25) is 0 Å². The Morgan fingerprint density at radius 1 is 1.11 bits per heavy atom. The normalized spacial score (nSPS) is 10.8. The molecule has 2 aromatic carbocycles. The van der Waals surface area contributed by atoms with E-state index < -0.39 is 0 Å². The number of thiazole rings is 1. The number of rotatable bonds is 5. The molecule has 0 radical (unpaired) electrons. The van der Waals surface area contributed by atoms with Crippen LogP contribution in [0.15, 0.2) is 54.2 Å². The van der Waals surface area contributed by atoms with Gasteiger partial charge in [-0.25, -0.2) is 9.67 Å². The van der Waals surface area contributed by atoms with Crippen LogP contribution < -0.4 is 5.32 Å². The highest BCUT2D eigenvalue weighted by atomic mass is 32.1. The van der Waals surface area contributed by atoms with Crippen LogP contribution in [0.4, 0.5) is 5.13 Å². The summed E-state index contributed by atoms with van der Waals surface area (Å²) in [5, 5.41) is 16.5. The van der Waals surface area contributed by atoms with Gasteiger partial charge in [0, 0.05) is 10.9 Å². The van der Waals surface area contributed by atoms with Gasteiger partial charge in [0.15, 0.2) is 5.13 Å². The molecule has 0 spiro atoms. The van der Waals surface area contributed by atoms with Gasteiger partial charge in [0.05, 0.1) is 17.8 Å². The molecule has 8 heteroatoms. The van der Waals surface area contributed by atoms with Crippen molar-refractivity contribution in [2.45, 2.75) is 20.3 Å². The molecule has 0 fully saturated rings. The molecule has 0 aliphatic rings. The number of aryl methyl sites for hydroxylation is 2. The Bertz CT molecular complexity index is 1100. The quantitative estimate of drug-likeness (QED) is 0.563. The molecular formula is C20H18N6OS. The van der Waals surface area contributed by atoms with Crippen LogP contribution in [-0.4, -0.2) is 31.1 Å². The van der Waals surface area contributed by atoms with E-state index in [1.54, 1.807) is 4.68 Å². The number of hydrogen-bond donors (Lipinski definition) is 1. The molecule has 0 saturated carbocycles. The number of nitrogens with zero attached hydrogens (tertiary/aromatic N) is 5. The molecule has 2 aromatic heterocycles. The van der Waals surface area contributed by atoms with E-state index in [0.29, 0.717) is 5.13 Å². The van der Waals surface area contributed by atoms with E-state index in [1.165, 1.54) is 28.8 Å². The minimum atomic E-state index is -0.101. The van der Waals surface area contributed by atoms with Gasteiger partial charge in [-0.3, -0.25) is 4.79 Å². The Kier molecular flexibility index (Phi) is 4.94. The fourth-order valence-corrected chi connectivity index (χ4v) is 3.50. The lowest BCUT2D eigenvalue weighted by Crippen LogP contribution is -2.14. The molecular weight excluding hydrogens is 372 g/mol. The van der Waals surface area contributed by atoms with Gasteiger partial charge < -0.3 is 5.32 Å². The summed E-state index contributed by atoms with van der Waals surface area (Å²) in [6.07, 6.45) is 1.80. The summed E-state index contributed by atoms with van der Waals surface area (Å²) in [4.78, 5) is 16.9. The minimum absolute atomic E-state index is 0.101. The average Bonchev–Trinajstić information content (AvgIpc) is 3.37. The van der Waals surface area contributed by atoms with Gasteiger partial charge in [-0.2, -0.15) is 0 Å². The molecule has 28 heavy (non-hydrogen) atoms. The van der Waals surface area contributed by atoms with Crippen molar-refractivity contribution in [2.24, 2.45) is 0 Å². The maximum absolute atomic E-state index is 12.4. The van der Waals surface area contributed by atoms with Crippen molar-refractivity contribution in [2.75, 3.05) is 5.32 Å². The van der Waals surface area contributed by atoms with E-state index >= 15 is 0 Å². The number of anilines is 1. The highest BCUT2D eigenvalue weighted by molar-refractivity contribution is 7.14. The van der Waals surface area contributed by atoms with Crippen molar-refractivity contribution >= 4 is 22.4 Å². The number of aromatic nitrogens is 5. The average molecular weight is 390 g/mol. The van der Waals surface area contributed by atoms with Crippen molar-refractivity contribution in [3.8, 4) is 16.9 Å². The van der Waals surface area contributed by atoms with Crippen LogP contribution in [-0.2, 0) is 11.2 Å². The first-order valence-electron chi connectivity index (χ1n) is 8.74. The number of carbonyl (C=O) groups excluding carboxylic acids is 1. The number of hydrogen-bond acceptors (Lipinski definition) is 6. The van der Waals surface area contributed by atoms with Gasteiger partial charge in [0.2, 0.25) is 5.91 Å². The highest BCUT2D eigenvalue weighted by Gasteiger charge is 2.10. The second-order valence-corrected chi connectivity index (χ2v) is 7.34. The van der Waals surface area contributed by atoms with Crippen molar-refractivity contribution in [1.29, 1.82) is 0 Å². The third-order valence-corrected chi connectivity index (χ3v) is 5.23. The lowest BCUT2D eigenvalue weighted by Gasteiger charge is -2.04. The van der Waals surface area contributed by atoms with Gasteiger partial charge in [-0.05, 0) is 59.2 Å². The zero-order chi connectivity index (χ0) is 19.5. The number of carbonyl (C=O) groups is 1. The minimum Gasteiger partial charge on any atom is -0.302 e. The maximum atomic E-state index is 12.4. The monoisotopic (exact) mass is 390 g/mol. The van der Waals surface area contributed by atoms with Crippen LogP contribution >= 0.6 is 11.3 Å². The third kappa shape index (κ3) is 3.96. The summed E-state index contributed by atoms with van der Waals surface area (Å²) < 4.78 is 1.56. The molecule has 2 heterocycles. The summed E-state index contributed by atoms with van der Waals surface area (Å²) in [7, 11) is 0. The fraction of sp³-hybridized carbons (Fsp3) is 0.150. The summed E-state index contributed by atoms with van der Waals surface area (Å²) in [6.45, 7) is 4.17. The van der Waals surface area contributed by atoms with Gasteiger partial charge in [-0.15, -0.1) is 16.4 Å². The topological polar surface area (TPSA) is 85.6 Å². The molecule has 0 bridgehead atoms. The van der Waals surface area contributed by atoms with Gasteiger partial charge in [0.1, 0.15) is 6.33 Å². The van der Waals surface area contributed by atoms with Crippen molar-refractivity contribution in [3.63, 3.8) is 0 Å². The first kappa shape index (κ1) is 18.0. The van der Waals surface area contributed by atoms with E-state index in [2.05, 4.69) is 57.9 Å². The van der Waals surface area contributed by atoms with Crippen molar-refractivity contribution < 1.29 is 4.79 Å². The second kappa shape index (κ2) is 7.69. The highest BCUT2D eigenvalue weighted by Crippen LogP contribution is 2.26. The second-order valence-electron chi connectivity index (χ2n) is 6.48. The predicted octanol–water partition coefficient (Wildman–Crippen LogP) is 3.58. The third-order valence-electron chi connectivity index (χ3n) is 4.47. The zero-order valence-electron chi connectivity index (χ0n) is 15.5. The Balaban J connectivity index is 1.40. The van der Waals surface area contributed by atoms with E-state index in [-0.39, 0.29) is 12.3 Å². The molecule has 7 nitrogen and oxygen atoms in total. The molecule has 0 aliphatic heterocycles. The Morgan fingerprint density at radius 3 is 2.64 bits per heavy atom. The summed E-state index contributed by atoms with van der Waals surface area (Å²) in [6, 6.07) is 13.8. The van der Waals surface area contributed by atoms with Crippen molar-refractivity contribution in [3.05, 3.63) is 70.9 Å². The first-order chi connectivity index (χ1) is 13.6. The number of tetrazole rings is 1. The molecule has 1 N–H and O–H groups in total. The molecule has 1 amide bonds. The zero-order valence-corrected chi connectivity index (χ0v) is 16.3. The first-order valence-corrected chi connectivity index (χ1v) is 9.62. The van der Waals surface area contributed by atoms with Gasteiger partial charge in [0.25, 0.3) is 0 Å². The number of benzene rings is 2. The molecule has 4 aromatic rings. The standard InChI is InChI=1S/C20H18N6OS/c1-13-3-6-16(9-14(13)2)18-11-28-20(22-18)23-19(27)10-15-4-7-17(8-5-15)26-12-21-24-25-26/h3-9,11-12H,10H2,1-2H3,(H,22,23,27). The summed E-state index contributed by atoms with van der Waals surface area (Å²) in [5.41, 5.74) is 6.14. The lowest BCUT2D eigenvalue weighted by atomic mass is 10.1. The van der Waals surface area contributed by atoms with Crippen molar-refractivity contribution in [1.82, 2.24) is 25.2 Å². The fourth-order valence-electron chi connectivity index (χ4n) is 2.76. The molecule has 0 saturated heterocycles. The Labute approximate surface area is 166 Å². The Morgan fingerprint density at radius 2 is 1.93 bits per heavy atom. The van der Waals surface area contributed by atoms with Gasteiger partial charge >= 0.3 is 0 Å². The van der Waals surface area contributed by atoms with Crippen LogP contribution in [0.3, 0.4) is 0 Å². The summed E-state index contributed by atoms with van der Waals surface area (Å²) >= 11 is 1.43. The molecule has 4 rings (SSSR count). The number of amides is 1. The largest absolute Gasteiger partial charge is 0.302 e. The molecule has 0 unspecified atom stereocenters. The molecule has 140 valence electrons. The SMILES string of the molecule is Cc1ccc(-c2csc(NC(=O)Cc3ccc(-n4cnnn4)cc3)n2)cc1C. The molecule has 0 atom stereocenters. The van der Waals surface area contributed by atoms with Crippen LogP contribution in [0.5, 0.6) is 0 Å².